The highest BCUT2D eigenvalue weighted by Gasteiger charge is 2.00. The molecule has 19 heavy (non-hydrogen) atoms. The molecule has 1 aromatic carbocycles. The first-order valence-corrected chi connectivity index (χ1v) is 6.68. The zero-order chi connectivity index (χ0) is 13.7. The fraction of sp³-hybridized carbons (Fsp3) is 0.294. The van der Waals surface area contributed by atoms with Gasteiger partial charge in [0.1, 0.15) is 5.78 Å². The van der Waals surface area contributed by atoms with Gasteiger partial charge in [-0.05, 0) is 36.1 Å². The highest BCUT2D eigenvalue weighted by molar-refractivity contribution is 5.78. The molecule has 2 nitrogen and oxygen atoms in total. The molecule has 0 atom stereocenters. The number of Topliss-reactive ketones (excluding diaryl/α,β-unsaturated/α-hetero) is 1. The van der Waals surface area contributed by atoms with Crippen molar-refractivity contribution >= 4 is 5.78 Å². The topological polar surface area (TPSA) is 30.0 Å². The number of benzene rings is 1. The molecule has 0 fully saturated rings. The van der Waals surface area contributed by atoms with Gasteiger partial charge in [0.05, 0.1) is 0 Å². The molecule has 0 amide bonds. The van der Waals surface area contributed by atoms with Crippen LogP contribution in [0.15, 0.2) is 42.6 Å². The van der Waals surface area contributed by atoms with Crippen molar-refractivity contribution in [3.05, 3.63) is 65.0 Å². The van der Waals surface area contributed by atoms with Gasteiger partial charge >= 0.3 is 0 Å². The first-order chi connectivity index (χ1) is 9.17. The number of ketones is 1. The molecule has 0 bridgehead atoms. The lowest BCUT2D eigenvalue weighted by atomic mass is 10.0. The predicted molar refractivity (Wildman–Crippen MR) is 77.2 cm³/mol. The molecule has 0 radical (unpaired) electrons. The largest absolute Gasteiger partial charge is 0.300 e. The quantitative estimate of drug-likeness (QED) is 0.817. The van der Waals surface area contributed by atoms with E-state index in [-0.39, 0.29) is 5.78 Å². The summed E-state index contributed by atoms with van der Waals surface area (Å²) >= 11 is 0. The van der Waals surface area contributed by atoms with Crippen molar-refractivity contribution in [2.45, 2.75) is 33.1 Å². The lowest BCUT2D eigenvalue weighted by molar-refractivity contribution is -0.116. The van der Waals surface area contributed by atoms with Crippen molar-refractivity contribution in [2.24, 2.45) is 0 Å². The Bertz CT molecular complexity index is 540. The minimum absolute atomic E-state index is 0.199. The van der Waals surface area contributed by atoms with Gasteiger partial charge in [0.25, 0.3) is 0 Å². The van der Waals surface area contributed by atoms with Crippen LogP contribution in [-0.4, -0.2) is 10.8 Å². The van der Waals surface area contributed by atoms with E-state index in [1.54, 1.807) is 6.92 Å². The first kappa shape index (κ1) is 13.5. The number of hydrogen-bond acceptors (Lipinski definition) is 2. The van der Waals surface area contributed by atoms with E-state index in [1.807, 2.05) is 18.3 Å². The number of aromatic nitrogens is 1. The summed E-state index contributed by atoms with van der Waals surface area (Å²) in [5.41, 5.74) is 4.65. The van der Waals surface area contributed by atoms with Crippen LogP contribution in [0, 0.1) is 0 Å². The summed E-state index contributed by atoms with van der Waals surface area (Å²) in [6.07, 6.45) is 4.32. The Morgan fingerprint density at radius 3 is 2.16 bits per heavy atom. The van der Waals surface area contributed by atoms with Gasteiger partial charge in [0.2, 0.25) is 0 Å². The zero-order valence-corrected chi connectivity index (χ0v) is 11.5. The smallest absolute Gasteiger partial charge is 0.134 e. The van der Waals surface area contributed by atoms with E-state index < -0.39 is 0 Å². The van der Waals surface area contributed by atoms with E-state index in [0.717, 1.165) is 24.1 Å². The third kappa shape index (κ3) is 4.02. The Morgan fingerprint density at radius 2 is 1.63 bits per heavy atom. The average Bonchev–Trinajstić information content (AvgIpc) is 2.41. The van der Waals surface area contributed by atoms with E-state index in [0.29, 0.717) is 6.42 Å². The maximum Gasteiger partial charge on any atom is 0.134 e. The second-order valence-corrected chi connectivity index (χ2v) is 4.88. The van der Waals surface area contributed by atoms with Crippen LogP contribution in [0.3, 0.4) is 0 Å². The van der Waals surface area contributed by atoms with Gasteiger partial charge in [-0.2, -0.15) is 0 Å². The Balaban J connectivity index is 2.04. The van der Waals surface area contributed by atoms with Crippen LogP contribution < -0.4 is 0 Å². The number of hydrogen-bond donors (Lipinski definition) is 0. The zero-order valence-electron chi connectivity index (χ0n) is 11.5. The van der Waals surface area contributed by atoms with Crippen LogP contribution in [0.4, 0.5) is 0 Å². The molecule has 0 unspecified atom stereocenters. The number of pyridine rings is 1. The standard InChI is InChI=1S/C17H19NO/c1-3-14-8-9-17(18-12-14)11-16-6-4-15(5-7-16)10-13(2)19/h4-9,12H,3,10-11H2,1-2H3. The summed E-state index contributed by atoms with van der Waals surface area (Å²) in [4.78, 5) is 15.5. The Morgan fingerprint density at radius 1 is 1.00 bits per heavy atom. The van der Waals surface area contributed by atoms with Crippen LogP contribution in [0.1, 0.15) is 36.2 Å². The molecule has 0 spiro atoms. The SMILES string of the molecule is CCc1ccc(Cc2ccc(CC(C)=O)cc2)nc1. The first-order valence-electron chi connectivity index (χ1n) is 6.68. The molecule has 2 aromatic rings. The minimum Gasteiger partial charge on any atom is -0.300 e. The highest BCUT2D eigenvalue weighted by atomic mass is 16.1. The molecule has 0 saturated carbocycles. The number of carbonyl (C=O) groups excluding carboxylic acids is 1. The third-order valence-electron chi connectivity index (χ3n) is 3.16. The number of rotatable bonds is 5. The maximum atomic E-state index is 11.0. The van der Waals surface area contributed by atoms with Crippen LogP contribution in [-0.2, 0) is 24.1 Å². The van der Waals surface area contributed by atoms with Crippen LogP contribution in [0.25, 0.3) is 0 Å². The Hall–Kier alpha value is -1.96. The summed E-state index contributed by atoms with van der Waals surface area (Å²) in [7, 11) is 0. The fourth-order valence-corrected chi connectivity index (χ4v) is 2.04. The van der Waals surface area contributed by atoms with Gasteiger partial charge in [-0.25, -0.2) is 0 Å². The van der Waals surface area contributed by atoms with Crippen molar-refractivity contribution in [2.75, 3.05) is 0 Å². The fourth-order valence-electron chi connectivity index (χ4n) is 2.04. The molecule has 0 aliphatic heterocycles. The maximum absolute atomic E-state index is 11.0. The van der Waals surface area contributed by atoms with E-state index >= 15 is 0 Å². The van der Waals surface area contributed by atoms with Crippen molar-refractivity contribution in [3.63, 3.8) is 0 Å². The molecule has 98 valence electrons. The molecular formula is C17H19NO. The van der Waals surface area contributed by atoms with Gasteiger partial charge in [0.15, 0.2) is 0 Å². The Kier molecular flexibility index (Phi) is 4.45. The van der Waals surface area contributed by atoms with Crippen molar-refractivity contribution in [1.82, 2.24) is 4.98 Å². The Labute approximate surface area is 114 Å². The van der Waals surface area contributed by atoms with Gasteiger partial charge in [0, 0.05) is 24.7 Å². The van der Waals surface area contributed by atoms with Gasteiger partial charge < -0.3 is 0 Å². The van der Waals surface area contributed by atoms with E-state index in [9.17, 15) is 4.79 Å². The van der Waals surface area contributed by atoms with Gasteiger partial charge in [-0.3, -0.25) is 9.78 Å². The summed E-state index contributed by atoms with van der Waals surface area (Å²) in [5, 5.41) is 0. The van der Waals surface area contributed by atoms with Crippen molar-refractivity contribution in [3.8, 4) is 0 Å². The molecular weight excluding hydrogens is 234 g/mol. The van der Waals surface area contributed by atoms with Gasteiger partial charge in [-0.15, -0.1) is 0 Å². The summed E-state index contributed by atoms with van der Waals surface area (Å²) < 4.78 is 0. The van der Waals surface area contributed by atoms with Gasteiger partial charge in [-0.1, -0.05) is 37.3 Å². The minimum atomic E-state index is 0.199. The number of aryl methyl sites for hydroxylation is 1. The normalized spacial score (nSPS) is 10.4. The molecule has 0 aliphatic rings. The van der Waals surface area contributed by atoms with E-state index in [2.05, 4.69) is 36.2 Å². The second kappa shape index (κ2) is 6.28. The van der Waals surface area contributed by atoms with Crippen LogP contribution >= 0.6 is 0 Å². The molecule has 2 heteroatoms. The summed E-state index contributed by atoms with van der Waals surface area (Å²) in [6.45, 7) is 3.75. The predicted octanol–water partition coefficient (Wildman–Crippen LogP) is 3.37. The molecule has 2 rings (SSSR count). The van der Waals surface area contributed by atoms with Crippen molar-refractivity contribution < 1.29 is 4.79 Å². The van der Waals surface area contributed by atoms with E-state index in [4.69, 9.17) is 0 Å². The highest BCUT2D eigenvalue weighted by Crippen LogP contribution is 2.11. The lowest BCUT2D eigenvalue weighted by Crippen LogP contribution is -1.97. The monoisotopic (exact) mass is 253 g/mol. The van der Waals surface area contributed by atoms with Crippen LogP contribution in [0.5, 0.6) is 0 Å². The molecule has 0 aliphatic carbocycles. The van der Waals surface area contributed by atoms with Crippen LogP contribution in [0.2, 0.25) is 0 Å². The molecule has 0 N–H and O–H groups in total. The second-order valence-electron chi connectivity index (χ2n) is 4.88. The lowest BCUT2D eigenvalue weighted by Gasteiger charge is -2.04. The molecule has 1 aromatic heterocycles. The van der Waals surface area contributed by atoms with E-state index in [1.165, 1.54) is 11.1 Å². The molecule has 1 heterocycles. The summed E-state index contributed by atoms with van der Waals surface area (Å²) in [6, 6.07) is 12.4. The average molecular weight is 253 g/mol. The summed E-state index contributed by atoms with van der Waals surface area (Å²) in [5.74, 6) is 0.199. The molecule has 0 saturated heterocycles. The third-order valence-corrected chi connectivity index (χ3v) is 3.16. The number of carbonyl (C=O) groups is 1. The number of nitrogens with zero attached hydrogens (tertiary/aromatic N) is 1. The van der Waals surface area contributed by atoms with Crippen molar-refractivity contribution in [1.29, 1.82) is 0 Å².